The zero-order valence-corrected chi connectivity index (χ0v) is 9.67. The van der Waals surface area contributed by atoms with E-state index in [-0.39, 0.29) is 5.82 Å². The van der Waals surface area contributed by atoms with Crippen LogP contribution in [0.4, 0.5) is 5.82 Å². The van der Waals surface area contributed by atoms with Crippen molar-refractivity contribution < 1.29 is 20.1 Å². The Morgan fingerprint density at radius 2 is 2.37 bits per heavy atom. The van der Waals surface area contributed by atoms with E-state index < -0.39 is 36.3 Å². The fourth-order valence-corrected chi connectivity index (χ4v) is 1.84. The molecular formula is C10H12N4O5. The normalized spacial score (nSPS) is 34.1. The molecule has 0 amide bonds. The highest BCUT2D eigenvalue weighted by Gasteiger charge is 2.56. The van der Waals surface area contributed by atoms with Gasteiger partial charge in [-0.1, -0.05) is 5.92 Å². The summed E-state index contributed by atoms with van der Waals surface area (Å²) in [7, 11) is 0. The van der Waals surface area contributed by atoms with Gasteiger partial charge in [-0.3, -0.25) is 0 Å². The van der Waals surface area contributed by atoms with E-state index in [2.05, 4.69) is 10.1 Å². The van der Waals surface area contributed by atoms with Crippen LogP contribution in [0.3, 0.4) is 0 Å². The molecular weight excluding hydrogens is 256 g/mol. The molecule has 1 unspecified atom stereocenters. The lowest BCUT2D eigenvalue weighted by atomic mass is 9.95. The molecule has 9 nitrogen and oxygen atoms in total. The maximum Gasteiger partial charge on any atom is 0.368 e. The Morgan fingerprint density at radius 3 is 2.89 bits per heavy atom. The van der Waals surface area contributed by atoms with Gasteiger partial charge in [0.05, 0.1) is 12.8 Å². The first-order valence-corrected chi connectivity index (χ1v) is 5.30. The van der Waals surface area contributed by atoms with Crippen LogP contribution in [0.1, 0.15) is 6.23 Å². The molecule has 2 rings (SSSR count). The van der Waals surface area contributed by atoms with Gasteiger partial charge < -0.3 is 25.8 Å². The first kappa shape index (κ1) is 13.4. The third-order valence-corrected chi connectivity index (χ3v) is 2.85. The van der Waals surface area contributed by atoms with Gasteiger partial charge in [-0.05, 0) is 0 Å². The molecule has 1 aromatic rings. The fraction of sp³-hybridized carbons (Fsp3) is 0.500. The highest BCUT2D eigenvalue weighted by atomic mass is 16.6. The van der Waals surface area contributed by atoms with E-state index in [0.717, 1.165) is 6.20 Å². The fourth-order valence-electron chi connectivity index (χ4n) is 1.84. The standard InChI is InChI=1S/C10H12N4O5/c1-2-10(18)7(16)5(4-15)19-8(10)14-9(17)13-6(11)3-12-14/h1,3,5,7-8,15-16,18H,4H2,(H2,11,13,17)/t5-,7?,8-,10-/m1/s1. The number of ether oxygens (including phenoxy) is 1. The van der Waals surface area contributed by atoms with Gasteiger partial charge in [0.15, 0.2) is 6.23 Å². The summed E-state index contributed by atoms with van der Waals surface area (Å²) >= 11 is 0. The topological polar surface area (TPSA) is 144 Å². The van der Waals surface area contributed by atoms with Gasteiger partial charge in [-0.2, -0.15) is 14.8 Å². The van der Waals surface area contributed by atoms with Crippen LogP contribution in [-0.4, -0.2) is 54.5 Å². The zero-order valence-electron chi connectivity index (χ0n) is 9.67. The molecule has 102 valence electrons. The van der Waals surface area contributed by atoms with Crippen molar-refractivity contribution in [1.29, 1.82) is 0 Å². The number of rotatable bonds is 2. The summed E-state index contributed by atoms with van der Waals surface area (Å²) in [6, 6.07) is 0. The Balaban J connectivity index is 2.49. The van der Waals surface area contributed by atoms with Gasteiger partial charge >= 0.3 is 5.69 Å². The first-order chi connectivity index (χ1) is 8.93. The molecule has 4 atom stereocenters. The summed E-state index contributed by atoms with van der Waals surface area (Å²) in [6.45, 7) is -0.585. The van der Waals surface area contributed by atoms with Crippen molar-refractivity contribution in [3.05, 3.63) is 16.7 Å². The van der Waals surface area contributed by atoms with E-state index in [1.54, 1.807) is 0 Å². The van der Waals surface area contributed by atoms with Gasteiger partial charge in [0, 0.05) is 0 Å². The summed E-state index contributed by atoms with van der Waals surface area (Å²) in [5, 5.41) is 32.7. The molecule has 0 aliphatic carbocycles. The van der Waals surface area contributed by atoms with Crippen molar-refractivity contribution in [3.8, 4) is 12.3 Å². The summed E-state index contributed by atoms with van der Waals surface area (Å²) in [5.41, 5.74) is 2.18. The second-order valence-corrected chi connectivity index (χ2v) is 4.03. The number of nitrogen functional groups attached to an aromatic ring is 1. The molecule has 0 saturated carbocycles. The lowest BCUT2D eigenvalue weighted by Crippen LogP contribution is -2.48. The smallest absolute Gasteiger partial charge is 0.368 e. The van der Waals surface area contributed by atoms with Gasteiger partial charge in [0.1, 0.15) is 18.0 Å². The molecule has 0 spiro atoms. The zero-order chi connectivity index (χ0) is 14.2. The Morgan fingerprint density at radius 1 is 1.68 bits per heavy atom. The second kappa shape index (κ2) is 4.60. The average molecular weight is 268 g/mol. The largest absolute Gasteiger partial charge is 0.394 e. The van der Waals surface area contributed by atoms with Crippen LogP contribution in [-0.2, 0) is 4.74 Å². The number of aliphatic hydroxyl groups excluding tert-OH is 2. The van der Waals surface area contributed by atoms with Crippen LogP contribution >= 0.6 is 0 Å². The lowest BCUT2D eigenvalue weighted by molar-refractivity contribution is -0.0835. The Kier molecular flexibility index (Phi) is 3.25. The average Bonchev–Trinajstić information content (AvgIpc) is 2.63. The minimum atomic E-state index is -2.21. The molecule has 1 aliphatic heterocycles. The predicted molar refractivity (Wildman–Crippen MR) is 61.5 cm³/mol. The van der Waals surface area contributed by atoms with Crippen LogP contribution in [0, 0.1) is 12.3 Å². The molecule has 9 heteroatoms. The van der Waals surface area contributed by atoms with E-state index >= 15 is 0 Å². The van der Waals surface area contributed by atoms with Crippen molar-refractivity contribution in [1.82, 2.24) is 14.8 Å². The summed E-state index contributed by atoms with van der Waals surface area (Å²) < 4.78 is 5.83. The number of terminal acetylenes is 1. The van der Waals surface area contributed by atoms with Gasteiger partial charge in [-0.15, -0.1) is 6.42 Å². The predicted octanol–water partition coefficient (Wildman–Crippen LogP) is -3.16. The maximum absolute atomic E-state index is 11.6. The molecule has 5 N–H and O–H groups in total. The van der Waals surface area contributed by atoms with Crippen LogP contribution < -0.4 is 11.4 Å². The maximum atomic E-state index is 11.6. The van der Waals surface area contributed by atoms with Crippen molar-refractivity contribution in [2.75, 3.05) is 12.3 Å². The molecule has 1 aliphatic rings. The highest BCUT2D eigenvalue weighted by Crippen LogP contribution is 2.36. The third kappa shape index (κ3) is 1.96. The van der Waals surface area contributed by atoms with Crippen LogP contribution in [0.25, 0.3) is 0 Å². The molecule has 0 radical (unpaired) electrons. The Bertz CT molecular complexity index is 582. The van der Waals surface area contributed by atoms with Gasteiger partial charge in [-0.25, -0.2) is 4.79 Å². The molecule has 1 saturated heterocycles. The van der Waals surface area contributed by atoms with E-state index in [1.807, 2.05) is 5.92 Å². The van der Waals surface area contributed by atoms with E-state index in [4.69, 9.17) is 22.0 Å². The minimum Gasteiger partial charge on any atom is -0.394 e. The van der Waals surface area contributed by atoms with E-state index in [9.17, 15) is 15.0 Å². The van der Waals surface area contributed by atoms with Crippen LogP contribution in [0.2, 0.25) is 0 Å². The summed E-state index contributed by atoms with van der Waals surface area (Å²) in [5.74, 6) is 1.85. The van der Waals surface area contributed by atoms with Gasteiger partial charge in [0.2, 0.25) is 5.60 Å². The number of hydrogen-bond acceptors (Lipinski definition) is 8. The number of nitrogens with two attached hydrogens (primary N) is 1. The molecule has 1 aromatic heterocycles. The number of anilines is 1. The molecule has 0 aromatic carbocycles. The van der Waals surface area contributed by atoms with Crippen molar-refractivity contribution >= 4 is 5.82 Å². The van der Waals surface area contributed by atoms with Crippen molar-refractivity contribution in [2.45, 2.75) is 24.0 Å². The summed E-state index contributed by atoms with van der Waals surface area (Å²) in [6.07, 6.45) is 2.06. The van der Waals surface area contributed by atoms with Crippen LogP contribution in [0.15, 0.2) is 11.0 Å². The monoisotopic (exact) mass is 268 g/mol. The number of hydrogen-bond donors (Lipinski definition) is 4. The number of aromatic nitrogens is 3. The summed E-state index contributed by atoms with van der Waals surface area (Å²) in [4.78, 5) is 15.1. The first-order valence-electron chi connectivity index (χ1n) is 5.30. The molecule has 1 fully saturated rings. The second-order valence-electron chi connectivity index (χ2n) is 4.03. The van der Waals surface area contributed by atoms with E-state index in [1.165, 1.54) is 0 Å². The SMILES string of the molecule is C#C[C@@]1(O)C(O)[C@@H](CO)O[C@H]1n1ncc(N)nc1=O. The minimum absolute atomic E-state index is 0.109. The molecule has 19 heavy (non-hydrogen) atoms. The molecule has 0 bridgehead atoms. The third-order valence-electron chi connectivity index (χ3n) is 2.85. The highest BCUT2D eigenvalue weighted by molar-refractivity contribution is 5.21. The molecule has 2 heterocycles. The van der Waals surface area contributed by atoms with Crippen LogP contribution in [0.5, 0.6) is 0 Å². The lowest BCUT2D eigenvalue weighted by Gasteiger charge is -2.25. The van der Waals surface area contributed by atoms with Crippen molar-refractivity contribution in [2.24, 2.45) is 0 Å². The van der Waals surface area contributed by atoms with Gasteiger partial charge in [0.25, 0.3) is 0 Å². The Labute approximate surface area is 107 Å². The van der Waals surface area contributed by atoms with E-state index in [0.29, 0.717) is 4.68 Å². The Hall–Kier alpha value is -1.99. The quantitative estimate of drug-likeness (QED) is 0.411. The number of nitrogens with zero attached hydrogens (tertiary/aromatic N) is 3. The number of aliphatic hydroxyl groups is 3. The van der Waals surface area contributed by atoms with Crippen molar-refractivity contribution in [3.63, 3.8) is 0 Å².